The van der Waals surface area contributed by atoms with Crippen LogP contribution in [0.2, 0.25) is 0 Å². The van der Waals surface area contributed by atoms with Gasteiger partial charge < -0.3 is 10.0 Å². The van der Waals surface area contributed by atoms with Gasteiger partial charge in [-0.05, 0) is 30.6 Å². The molecule has 0 aromatic carbocycles. The van der Waals surface area contributed by atoms with Gasteiger partial charge in [0.15, 0.2) is 0 Å². The highest BCUT2D eigenvalue weighted by molar-refractivity contribution is 5.85. The molecule has 1 saturated carbocycles. The third-order valence-corrected chi connectivity index (χ3v) is 4.35. The van der Waals surface area contributed by atoms with E-state index in [2.05, 4.69) is 34.6 Å². The summed E-state index contributed by atoms with van der Waals surface area (Å²) in [5.41, 5.74) is 0. The van der Waals surface area contributed by atoms with E-state index in [1.54, 1.807) is 0 Å². The van der Waals surface area contributed by atoms with E-state index < -0.39 is 11.9 Å². The number of rotatable bonds is 7. The van der Waals surface area contributed by atoms with Crippen molar-refractivity contribution in [3.05, 3.63) is 0 Å². The number of hydrogen-bond acceptors (Lipinski definition) is 2. The summed E-state index contributed by atoms with van der Waals surface area (Å²) in [7, 11) is 0. The van der Waals surface area contributed by atoms with E-state index in [1.807, 2.05) is 4.90 Å². The SMILES string of the molecule is CCC1C[C@H](C(=O)N(CC(C)C)CC(C)C)[C@H](C(=O)O)C1. The average molecular weight is 297 g/mol. The van der Waals surface area contributed by atoms with Gasteiger partial charge in [-0.1, -0.05) is 41.0 Å². The van der Waals surface area contributed by atoms with Crippen LogP contribution in [0, 0.1) is 29.6 Å². The highest BCUT2D eigenvalue weighted by atomic mass is 16.4. The van der Waals surface area contributed by atoms with Gasteiger partial charge in [-0.2, -0.15) is 0 Å². The fraction of sp³-hybridized carbons (Fsp3) is 0.882. The fourth-order valence-corrected chi connectivity index (χ4v) is 3.39. The maximum absolute atomic E-state index is 12.9. The minimum absolute atomic E-state index is 0.0562. The molecule has 1 fully saturated rings. The number of carbonyl (C=O) groups is 2. The topological polar surface area (TPSA) is 57.6 Å². The first-order chi connectivity index (χ1) is 9.76. The van der Waals surface area contributed by atoms with Crippen molar-refractivity contribution in [1.82, 2.24) is 4.90 Å². The standard InChI is InChI=1S/C17H31NO3/c1-6-13-7-14(15(8-13)17(20)21)16(19)18(9-11(2)3)10-12(4)5/h11-15H,6-10H2,1-5H3,(H,20,21)/t13?,14-,15+/m0/s1. The second kappa shape index (κ2) is 7.81. The Kier molecular flexibility index (Phi) is 6.69. The Morgan fingerprint density at radius 3 is 1.90 bits per heavy atom. The molecule has 0 aromatic rings. The van der Waals surface area contributed by atoms with Crippen LogP contribution in [-0.4, -0.2) is 35.0 Å². The van der Waals surface area contributed by atoms with Gasteiger partial charge in [0.1, 0.15) is 0 Å². The average Bonchev–Trinajstić information content (AvgIpc) is 2.80. The van der Waals surface area contributed by atoms with Gasteiger partial charge in [-0.15, -0.1) is 0 Å². The summed E-state index contributed by atoms with van der Waals surface area (Å²) < 4.78 is 0. The summed E-state index contributed by atoms with van der Waals surface area (Å²) in [4.78, 5) is 26.2. The first-order valence-corrected chi connectivity index (χ1v) is 8.27. The number of nitrogens with zero attached hydrogens (tertiary/aromatic N) is 1. The van der Waals surface area contributed by atoms with Crippen molar-refractivity contribution in [2.24, 2.45) is 29.6 Å². The number of carboxylic acids is 1. The summed E-state index contributed by atoms with van der Waals surface area (Å²) in [5, 5.41) is 9.42. The first-order valence-electron chi connectivity index (χ1n) is 8.27. The third-order valence-electron chi connectivity index (χ3n) is 4.35. The normalized spacial score (nSPS) is 25.6. The van der Waals surface area contributed by atoms with Crippen LogP contribution in [0.3, 0.4) is 0 Å². The van der Waals surface area contributed by atoms with Gasteiger partial charge in [-0.25, -0.2) is 0 Å². The van der Waals surface area contributed by atoms with Crippen LogP contribution in [0.1, 0.15) is 53.9 Å². The molecule has 0 heterocycles. The Bertz CT molecular complexity index is 355. The second-order valence-electron chi connectivity index (χ2n) is 7.33. The largest absolute Gasteiger partial charge is 0.481 e. The van der Waals surface area contributed by atoms with Crippen molar-refractivity contribution >= 4 is 11.9 Å². The lowest BCUT2D eigenvalue weighted by Gasteiger charge is -2.30. The fourth-order valence-electron chi connectivity index (χ4n) is 3.39. The second-order valence-corrected chi connectivity index (χ2v) is 7.33. The molecule has 1 rings (SSSR count). The van der Waals surface area contributed by atoms with Crippen LogP contribution in [-0.2, 0) is 9.59 Å². The zero-order chi connectivity index (χ0) is 16.2. The zero-order valence-electron chi connectivity index (χ0n) is 14.1. The van der Waals surface area contributed by atoms with Crippen molar-refractivity contribution in [3.63, 3.8) is 0 Å². The molecule has 0 aliphatic heterocycles. The predicted octanol–water partition coefficient (Wildman–Crippen LogP) is 3.26. The summed E-state index contributed by atoms with van der Waals surface area (Å²) >= 11 is 0. The molecule has 0 saturated heterocycles. The molecule has 0 spiro atoms. The molecule has 1 amide bonds. The minimum atomic E-state index is -0.807. The van der Waals surface area contributed by atoms with E-state index >= 15 is 0 Å². The van der Waals surface area contributed by atoms with Crippen LogP contribution in [0.5, 0.6) is 0 Å². The molecule has 122 valence electrons. The van der Waals surface area contributed by atoms with Gasteiger partial charge in [0, 0.05) is 13.1 Å². The van der Waals surface area contributed by atoms with Crippen LogP contribution >= 0.6 is 0 Å². The van der Waals surface area contributed by atoms with Crippen LogP contribution in [0.25, 0.3) is 0 Å². The zero-order valence-corrected chi connectivity index (χ0v) is 14.1. The monoisotopic (exact) mass is 297 g/mol. The summed E-state index contributed by atoms with van der Waals surface area (Å²) in [6, 6.07) is 0. The van der Waals surface area contributed by atoms with Gasteiger partial charge >= 0.3 is 5.97 Å². The molecule has 0 radical (unpaired) electrons. The molecule has 4 heteroatoms. The van der Waals surface area contributed by atoms with Gasteiger partial charge in [0.05, 0.1) is 11.8 Å². The predicted molar refractivity (Wildman–Crippen MR) is 83.9 cm³/mol. The smallest absolute Gasteiger partial charge is 0.307 e. The van der Waals surface area contributed by atoms with E-state index in [-0.39, 0.29) is 11.8 Å². The van der Waals surface area contributed by atoms with E-state index in [1.165, 1.54) is 0 Å². The Hall–Kier alpha value is -1.06. The van der Waals surface area contributed by atoms with Gasteiger partial charge in [-0.3, -0.25) is 9.59 Å². The third kappa shape index (κ3) is 5.01. The summed E-state index contributed by atoms with van der Waals surface area (Å²) in [6.45, 7) is 11.9. The van der Waals surface area contributed by atoms with Crippen molar-refractivity contribution in [1.29, 1.82) is 0 Å². The maximum atomic E-state index is 12.9. The van der Waals surface area contributed by atoms with Crippen LogP contribution in [0.15, 0.2) is 0 Å². The lowest BCUT2D eigenvalue weighted by Crippen LogP contribution is -2.42. The quantitative estimate of drug-likeness (QED) is 0.784. The Morgan fingerprint density at radius 1 is 1.05 bits per heavy atom. The molecule has 1 aliphatic carbocycles. The number of carbonyl (C=O) groups excluding carboxylic acids is 1. The van der Waals surface area contributed by atoms with Crippen molar-refractivity contribution in [2.75, 3.05) is 13.1 Å². The number of hydrogen-bond donors (Lipinski definition) is 1. The molecule has 0 aromatic heterocycles. The lowest BCUT2D eigenvalue weighted by molar-refractivity contribution is -0.149. The van der Waals surface area contributed by atoms with E-state index in [0.29, 0.717) is 24.2 Å². The van der Waals surface area contributed by atoms with Gasteiger partial charge in [0.25, 0.3) is 0 Å². The highest BCUT2D eigenvalue weighted by Gasteiger charge is 2.43. The van der Waals surface area contributed by atoms with Crippen molar-refractivity contribution < 1.29 is 14.7 Å². The maximum Gasteiger partial charge on any atom is 0.307 e. The molecule has 0 bridgehead atoms. The van der Waals surface area contributed by atoms with E-state index in [4.69, 9.17) is 0 Å². The molecule has 1 unspecified atom stereocenters. The molecule has 4 nitrogen and oxygen atoms in total. The molecular weight excluding hydrogens is 266 g/mol. The molecule has 3 atom stereocenters. The lowest BCUT2D eigenvalue weighted by atomic mass is 9.94. The molecule has 1 aliphatic rings. The molecule has 1 N–H and O–H groups in total. The number of amides is 1. The van der Waals surface area contributed by atoms with Crippen molar-refractivity contribution in [3.8, 4) is 0 Å². The van der Waals surface area contributed by atoms with E-state index in [9.17, 15) is 14.7 Å². The molecule has 21 heavy (non-hydrogen) atoms. The van der Waals surface area contributed by atoms with Crippen LogP contribution < -0.4 is 0 Å². The minimum Gasteiger partial charge on any atom is -0.481 e. The first kappa shape index (κ1) is 18.0. The summed E-state index contributed by atoms with van der Waals surface area (Å²) in [6.07, 6.45) is 2.35. The Labute approximate surface area is 128 Å². The van der Waals surface area contributed by atoms with Gasteiger partial charge in [0.2, 0.25) is 5.91 Å². The Balaban J connectivity index is 2.86. The highest BCUT2D eigenvalue weighted by Crippen LogP contribution is 2.39. The number of aliphatic carboxylic acids is 1. The summed E-state index contributed by atoms with van der Waals surface area (Å²) in [5.74, 6) is -0.396. The van der Waals surface area contributed by atoms with Crippen molar-refractivity contribution in [2.45, 2.75) is 53.9 Å². The van der Waals surface area contributed by atoms with E-state index in [0.717, 1.165) is 25.9 Å². The Morgan fingerprint density at radius 2 is 1.52 bits per heavy atom. The number of carboxylic acid groups (broad SMARTS) is 1. The van der Waals surface area contributed by atoms with Crippen LogP contribution in [0.4, 0.5) is 0 Å². The molecular formula is C17H31NO3.